The second kappa shape index (κ2) is 7.67. The van der Waals surface area contributed by atoms with Gasteiger partial charge in [-0.05, 0) is 56.5 Å². The fourth-order valence-corrected chi connectivity index (χ4v) is 4.44. The zero-order valence-corrected chi connectivity index (χ0v) is 15.6. The maximum atomic E-state index is 12.8. The van der Waals surface area contributed by atoms with Crippen LogP contribution in [-0.4, -0.2) is 48.4 Å². The van der Waals surface area contributed by atoms with Crippen molar-refractivity contribution in [1.29, 1.82) is 0 Å². The van der Waals surface area contributed by atoms with Crippen molar-refractivity contribution in [2.75, 3.05) is 32.7 Å². The number of hydrogen-bond donors (Lipinski definition) is 0. The summed E-state index contributed by atoms with van der Waals surface area (Å²) in [6.07, 6.45) is 5.53. The molecule has 2 fully saturated rings. The lowest BCUT2D eigenvalue weighted by Gasteiger charge is -2.31. The maximum Gasteiger partial charge on any atom is 0.289 e. The molecular weight excluding hydrogens is 324 g/mol. The highest BCUT2D eigenvalue weighted by Gasteiger charge is 2.38. The van der Waals surface area contributed by atoms with Crippen LogP contribution < -0.4 is 0 Å². The fourth-order valence-electron chi connectivity index (χ4n) is 4.44. The third kappa shape index (κ3) is 3.70. The third-order valence-corrected chi connectivity index (χ3v) is 5.91. The molecule has 26 heavy (non-hydrogen) atoms. The second-order valence-electron chi connectivity index (χ2n) is 7.83. The molecule has 4 rings (SSSR count). The number of rotatable bonds is 4. The average molecular weight is 352 g/mol. The molecule has 4 nitrogen and oxygen atoms in total. The van der Waals surface area contributed by atoms with Gasteiger partial charge in [0.1, 0.15) is 0 Å². The van der Waals surface area contributed by atoms with Crippen molar-refractivity contribution in [1.82, 2.24) is 9.80 Å². The SMILES string of the molecule is Cc1ccc([C@H]2CN(C(=O)c3ccco3)C[C@@H]2CN2CCCCC2)cc1. The van der Waals surface area contributed by atoms with E-state index >= 15 is 0 Å². The molecule has 1 aromatic heterocycles. The summed E-state index contributed by atoms with van der Waals surface area (Å²) in [5.74, 6) is 1.35. The summed E-state index contributed by atoms with van der Waals surface area (Å²) >= 11 is 0. The van der Waals surface area contributed by atoms with Gasteiger partial charge in [0.15, 0.2) is 5.76 Å². The van der Waals surface area contributed by atoms with E-state index in [4.69, 9.17) is 4.42 Å². The lowest BCUT2D eigenvalue weighted by molar-refractivity contribution is 0.0750. The van der Waals surface area contributed by atoms with Gasteiger partial charge in [0, 0.05) is 25.6 Å². The van der Waals surface area contributed by atoms with Crippen LogP contribution in [0.15, 0.2) is 47.1 Å². The van der Waals surface area contributed by atoms with Crippen molar-refractivity contribution in [3.8, 4) is 0 Å². The Kier molecular flexibility index (Phi) is 5.11. The van der Waals surface area contributed by atoms with Gasteiger partial charge in [0.2, 0.25) is 0 Å². The normalized spacial score (nSPS) is 24.1. The first-order valence-corrected chi connectivity index (χ1v) is 9.82. The number of aryl methyl sites for hydroxylation is 1. The first-order valence-electron chi connectivity index (χ1n) is 9.82. The quantitative estimate of drug-likeness (QED) is 0.836. The maximum absolute atomic E-state index is 12.8. The van der Waals surface area contributed by atoms with Gasteiger partial charge < -0.3 is 14.2 Å². The summed E-state index contributed by atoms with van der Waals surface area (Å²) in [6.45, 7) is 7.19. The van der Waals surface area contributed by atoms with E-state index in [1.807, 2.05) is 4.90 Å². The Morgan fingerprint density at radius 3 is 2.54 bits per heavy atom. The topological polar surface area (TPSA) is 36.7 Å². The minimum atomic E-state index is 0.0215. The van der Waals surface area contributed by atoms with Crippen LogP contribution in [0.4, 0.5) is 0 Å². The fraction of sp³-hybridized carbons (Fsp3) is 0.500. The Hall–Kier alpha value is -2.07. The molecule has 2 atom stereocenters. The highest BCUT2D eigenvalue weighted by molar-refractivity contribution is 5.91. The molecule has 2 saturated heterocycles. The standard InChI is InChI=1S/C22H28N2O2/c1-17-7-9-18(10-8-17)20-16-24(22(25)21-6-5-13-26-21)15-19(20)14-23-11-3-2-4-12-23/h5-10,13,19-20H,2-4,11-12,14-16H2,1H3/t19-,20+/m0/s1. The van der Waals surface area contributed by atoms with Crippen molar-refractivity contribution in [2.24, 2.45) is 5.92 Å². The predicted octanol–water partition coefficient (Wildman–Crippen LogP) is 3.93. The van der Waals surface area contributed by atoms with E-state index in [-0.39, 0.29) is 5.91 Å². The van der Waals surface area contributed by atoms with E-state index in [0.717, 1.165) is 19.6 Å². The molecule has 1 amide bonds. The van der Waals surface area contributed by atoms with Crippen LogP contribution in [0.2, 0.25) is 0 Å². The summed E-state index contributed by atoms with van der Waals surface area (Å²) in [5.41, 5.74) is 2.63. The zero-order chi connectivity index (χ0) is 17.9. The van der Waals surface area contributed by atoms with Gasteiger partial charge >= 0.3 is 0 Å². The summed E-state index contributed by atoms with van der Waals surface area (Å²) in [4.78, 5) is 17.4. The molecule has 0 spiro atoms. The Labute approximate surface area is 155 Å². The number of piperidine rings is 1. The Morgan fingerprint density at radius 2 is 1.85 bits per heavy atom. The number of furan rings is 1. The molecule has 2 aliphatic heterocycles. The first-order chi connectivity index (χ1) is 12.7. The molecule has 0 radical (unpaired) electrons. The molecule has 0 aliphatic carbocycles. The molecular formula is C22H28N2O2. The number of nitrogens with zero attached hydrogens (tertiary/aromatic N) is 2. The molecule has 0 bridgehead atoms. The number of likely N-dealkylation sites (tertiary alicyclic amines) is 2. The van der Waals surface area contributed by atoms with Gasteiger partial charge in [-0.15, -0.1) is 0 Å². The van der Waals surface area contributed by atoms with Gasteiger partial charge in [-0.25, -0.2) is 0 Å². The summed E-state index contributed by atoms with van der Waals surface area (Å²) in [5, 5.41) is 0. The van der Waals surface area contributed by atoms with Crippen molar-refractivity contribution < 1.29 is 9.21 Å². The highest BCUT2D eigenvalue weighted by atomic mass is 16.3. The van der Waals surface area contributed by atoms with Crippen molar-refractivity contribution in [3.05, 3.63) is 59.5 Å². The van der Waals surface area contributed by atoms with Gasteiger partial charge in [0.05, 0.1) is 6.26 Å². The number of benzene rings is 1. The van der Waals surface area contributed by atoms with Crippen LogP contribution in [0.25, 0.3) is 0 Å². The number of amides is 1. The van der Waals surface area contributed by atoms with Crippen molar-refractivity contribution in [3.63, 3.8) is 0 Å². The van der Waals surface area contributed by atoms with E-state index in [9.17, 15) is 4.79 Å². The molecule has 0 saturated carbocycles. The van der Waals surface area contributed by atoms with Crippen molar-refractivity contribution >= 4 is 5.91 Å². The van der Waals surface area contributed by atoms with Gasteiger partial charge in [0.25, 0.3) is 5.91 Å². The van der Waals surface area contributed by atoms with Gasteiger partial charge in [-0.2, -0.15) is 0 Å². The molecule has 2 aromatic rings. The molecule has 138 valence electrons. The van der Waals surface area contributed by atoms with Gasteiger partial charge in [-0.1, -0.05) is 36.2 Å². The molecule has 0 unspecified atom stereocenters. The molecule has 1 aromatic carbocycles. The highest BCUT2D eigenvalue weighted by Crippen LogP contribution is 2.34. The van der Waals surface area contributed by atoms with Crippen LogP contribution in [0.1, 0.15) is 46.9 Å². The number of carbonyl (C=O) groups is 1. The predicted molar refractivity (Wildman–Crippen MR) is 102 cm³/mol. The van der Waals surface area contributed by atoms with Crippen LogP contribution in [-0.2, 0) is 0 Å². The number of carbonyl (C=O) groups excluding carboxylic acids is 1. The first kappa shape index (κ1) is 17.3. The van der Waals surface area contributed by atoms with Crippen LogP contribution in [0, 0.1) is 12.8 Å². The molecule has 2 aliphatic rings. The van der Waals surface area contributed by atoms with E-state index in [1.165, 1.54) is 43.5 Å². The van der Waals surface area contributed by atoms with E-state index in [1.54, 1.807) is 18.4 Å². The number of hydrogen-bond acceptors (Lipinski definition) is 3. The smallest absolute Gasteiger partial charge is 0.289 e. The zero-order valence-electron chi connectivity index (χ0n) is 15.6. The van der Waals surface area contributed by atoms with Crippen molar-refractivity contribution in [2.45, 2.75) is 32.1 Å². The Morgan fingerprint density at radius 1 is 1.08 bits per heavy atom. The minimum absolute atomic E-state index is 0.0215. The summed E-state index contributed by atoms with van der Waals surface area (Å²) < 4.78 is 5.35. The molecule has 0 N–H and O–H groups in total. The third-order valence-electron chi connectivity index (χ3n) is 5.91. The van der Waals surface area contributed by atoms with E-state index < -0.39 is 0 Å². The lowest BCUT2D eigenvalue weighted by atomic mass is 9.88. The second-order valence-corrected chi connectivity index (χ2v) is 7.83. The Balaban J connectivity index is 1.53. The van der Waals surface area contributed by atoms with Crippen LogP contribution in [0.3, 0.4) is 0 Å². The largest absolute Gasteiger partial charge is 0.459 e. The molecule has 4 heteroatoms. The lowest BCUT2D eigenvalue weighted by Crippen LogP contribution is -2.36. The van der Waals surface area contributed by atoms with E-state index in [2.05, 4.69) is 36.1 Å². The van der Waals surface area contributed by atoms with E-state index in [0.29, 0.717) is 17.6 Å². The van der Waals surface area contributed by atoms with Gasteiger partial charge in [-0.3, -0.25) is 4.79 Å². The summed E-state index contributed by atoms with van der Waals surface area (Å²) in [7, 11) is 0. The molecule has 3 heterocycles. The van der Waals surface area contributed by atoms with Crippen LogP contribution in [0.5, 0.6) is 0 Å². The van der Waals surface area contributed by atoms with Crippen LogP contribution >= 0.6 is 0 Å². The Bertz CT molecular complexity index is 717. The minimum Gasteiger partial charge on any atom is -0.459 e. The monoisotopic (exact) mass is 352 g/mol. The summed E-state index contributed by atoms with van der Waals surface area (Å²) in [6, 6.07) is 12.4. The average Bonchev–Trinajstić information content (AvgIpc) is 3.33.